The van der Waals surface area contributed by atoms with Crippen LogP contribution in [0.4, 0.5) is 4.39 Å². The van der Waals surface area contributed by atoms with E-state index in [0.29, 0.717) is 11.7 Å². The van der Waals surface area contributed by atoms with Gasteiger partial charge < -0.3 is 15.4 Å². The van der Waals surface area contributed by atoms with E-state index in [2.05, 4.69) is 11.9 Å². The second kappa shape index (κ2) is 7.72. The Morgan fingerprint density at radius 2 is 2.20 bits per heavy atom. The first-order chi connectivity index (χ1) is 9.66. The molecule has 0 amide bonds. The van der Waals surface area contributed by atoms with Crippen molar-refractivity contribution in [2.24, 2.45) is 5.73 Å². The van der Waals surface area contributed by atoms with E-state index in [1.807, 2.05) is 6.07 Å². The summed E-state index contributed by atoms with van der Waals surface area (Å²) in [6.45, 7) is 2.67. The van der Waals surface area contributed by atoms with Gasteiger partial charge in [0.05, 0.1) is 6.10 Å². The fourth-order valence-corrected chi connectivity index (χ4v) is 2.68. The highest BCUT2D eigenvalue weighted by molar-refractivity contribution is 5.20. The molecule has 2 unspecified atom stereocenters. The van der Waals surface area contributed by atoms with Crippen LogP contribution in [0.3, 0.4) is 0 Å². The van der Waals surface area contributed by atoms with E-state index in [1.54, 1.807) is 12.1 Å². The van der Waals surface area contributed by atoms with Gasteiger partial charge in [-0.2, -0.15) is 0 Å². The lowest BCUT2D eigenvalue weighted by Crippen LogP contribution is -2.34. The average Bonchev–Trinajstić information content (AvgIpc) is 2.46. The average molecular weight is 280 g/mol. The van der Waals surface area contributed by atoms with Crippen LogP contribution >= 0.6 is 0 Å². The largest absolute Gasteiger partial charge is 0.377 e. The van der Waals surface area contributed by atoms with E-state index >= 15 is 0 Å². The second-order valence-electron chi connectivity index (χ2n) is 5.67. The molecular formula is C16H25FN2O. The Bertz CT molecular complexity index is 407. The van der Waals surface area contributed by atoms with Crippen LogP contribution in [-0.4, -0.2) is 37.7 Å². The Morgan fingerprint density at radius 3 is 2.90 bits per heavy atom. The van der Waals surface area contributed by atoms with Crippen molar-refractivity contribution in [2.45, 2.75) is 37.8 Å². The summed E-state index contributed by atoms with van der Waals surface area (Å²) in [6, 6.07) is 6.51. The van der Waals surface area contributed by atoms with E-state index in [0.717, 1.165) is 32.5 Å². The first-order valence-electron chi connectivity index (χ1n) is 7.47. The third-order valence-corrected chi connectivity index (χ3v) is 3.92. The summed E-state index contributed by atoms with van der Waals surface area (Å²) in [5, 5.41) is 0. The number of nitrogens with zero attached hydrogens (tertiary/aromatic N) is 1. The van der Waals surface area contributed by atoms with Gasteiger partial charge in [-0.3, -0.25) is 0 Å². The zero-order valence-electron chi connectivity index (χ0n) is 12.2. The van der Waals surface area contributed by atoms with Crippen LogP contribution in [0.2, 0.25) is 0 Å². The summed E-state index contributed by atoms with van der Waals surface area (Å²) in [7, 11) is 2.08. The number of benzene rings is 1. The molecule has 0 saturated carbocycles. The minimum absolute atomic E-state index is 0.210. The highest BCUT2D eigenvalue weighted by Crippen LogP contribution is 2.18. The van der Waals surface area contributed by atoms with Gasteiger partial charge in [-0.15, -0.1) is 0 Å². The minimum atomic E-state index is -0.245. The molecule has 1 aromatic carbocycles. The van der Waals surface area contributed by atoms with Crippen molar-refractivity contribution in [2.75, 3.05) is 26.7 Å². The standard InChI is InChI=1S/C16H25FN2O/c1-19(12-13-6-4-5-11-20-13)10-9-16(18)14-7-2-3-8-15(14)17/h2-3,7-8,13,16H,4-6,9-12,18H2,1H3. The van der Waals surface area contributed by atoms with E-state index in [9.17, 15) is 4.39 Å². The van der Waals surface area contributed by atoms with Crippen LogP contribution in [0.25, 0.3) is 0 Å². The molecule has 1 aromatic rings. The Hall–Kier alpha value is -0.970. The van der Waals surface area contributed by atoms with Crippen LogP contribution in [0.5, 0.6) is 0 Å². The van der Waals surface area contributed by atoms with Crippen LogP contribution in [0.15, 0.2) is 24.3 Å². The Labute approximate surface area is 120 Å². The van der Waals surface area contributed by atoms with Gasteiger partial charge in [0.1, 0.15) is 5.82 Å². The fourth-order valence-electron chi connectivity index (χ4n) is 2.68. The molecule has 2 rings (SSSR count). The molecule has 1 saturated heterocycles. The number of nitrogens with two attached hydrogens (primary N) is 1. The summed E-state index contributed by atoms with van der Waals surface area (Å²) in [4.78, 5) is 2.23. The van der Waals surface area contributed by atoms with E-state index in [-0.39, 0.29) is 11.9 Å². The van der Waals surface area contributed by atoms with Crippen molar-refractivity contribution >= 4 is 0 Å². The molecule has 112 valence electrons. The molecule has 1 heterocycles. The molecule has 0 aliphatic carbocycles. The molecular weight excluding hydrogens is 255 g/mol. The summed E-state index contributed by atoms with van der Waals surface area (Å²) in [6.07, 6.45) is 4.68. The Morgan fingerprint density at radius 1 is 1.40 bits per heavy atom. The minimum Gasteiger partial charge on any atom is -0.377 e. The number of rotatable bonds is 6. The monoisotopic (exact) mass is 280 g/mol. The maximum absolute atomic E-state index is 13.6. The molecule has 3 nitrogen and oxygen atoms in total. The highest BCUT2D eigenvalue weighted by atomic mass is 19.1. The quantitative estimate of drug-likeness (QED) is 0.870. The van der Waals surface area contributed by atoms with E-state index in [1.165, 1.54) is 18.9 Å². The number of hydrogen-bond donors (Lipinski definition) is 1. The van der Waals surface area contributed by atoms with Crippen LogP contribution in [-0.2, 0) is 4.74 Å². The van der Waals surface area contributed by atoms with Crippen molar-refractivity contribution in [3.63, 3.8) is 0 Å². The zero-order valence-corrected chi connectivity index (χ0v) is 12.2. The normalized spacial score (nSPS) is 21.1. The van der Waals surface area contributed by atoms with Crippen molar-refractivity contribution in [3.8, 4) is 0 Å². The lowest BCUT2D eigenvalue weighted by atomic mass is 10.0. The molecule has 1 fully saturated rings. The Kier molecular flexibility index (Phi) is 5.95. The number of likely N-dealkylation sites (N-methyl/N-ethyl adjacent to an activating group) is 1. The van der Waals surface area contributed by atoms with Crippen molar-refractivity contribution < 1.29 is 9.13 Å². The van der Waals surface area contributed by atoms with E-state index < -0.39 is 0 Å². The molecule has 20 heavy (non-hydrogen) atoms. The van der Waals surface area contributed by atoms with Gasteiger partial charge in [-0.05, 0) is 45.3 Å². The summed E-state index contributed by atoms with van der Waals surface area (Å²) < 4.78 is 19.3. The van der Waals surface area contributed by atoms with E-state index in [4.69, 9.17) is 10.5 Å². The SMILES string of the molecule is CN(CCC(N)c1ccccc1F)CC1CCCCO1. The van der Waals surface area contributed by atoms with Crippen LogP contribution < -0.4 is 5.73 Å². The molecule has 1 aliphatic rings. The van der Waals surface area contributed by atoms with Gasteiger partial charge in [0, 0.05) is 24.8 Å². The lowest BCUT2D eigenvalue weighted by Gasteiger charge is -2.28. The summed E-state index contributed by atoms with van der Waals surface area (Å²) >= 11 is 0. The molecule has 0 bridgehead atoms. The van der Waals surface area contributed by atoms with Gasteiger partial charge in [0.2, 0.25) is 0 Å². The molecule has 0 spiro atoms. The predicted molar refractivity (Wildman–Crippen MR) is 79.0 cm³/mol. The smallest absolute Gasteiger partial charge is 0.127 e. The maximum Gasteiger partial charge on any atom is 0.127 e. The van der Waals surface area contributed by atoms with Crippen molar-refractivity contribution in [1.82, 2.24) is 4.90 Å². The number of ether oxygens (including phenoxy) is 1. The van der Waals surface area contributed by atoms with Gasteiger partial charge in [-0.1, -0.05) is 18.2 Å². The third kappa shape index (κ3) is 4.54. The topological polar surface area (TPSA) is 38.5 Å². The third-order valence-electron chi connectivity index (χ3n) is 3.92. The maximum atomic E-state index is 13.6. The summed E-state index contributed by atoms with van der Waals surface area (Å²) in [5.41, 5.74) is 6.69. The number of halogens is 1. The first kappa shape index (κ1) is 15.4. The van der Waals surface area contributed by atoms with Gasteiger partial charge >= 0.3 is 0 Å². The molecule has 1 aliphatic heterocycles. The molecule has 4 heteroatoms. The molecule has 0 radical (unpaired) electrons. The first-order valence-corrected chi connectivity index (χ1v) is 7.47. The molecule has 2 atom stereocenters. The zero-order chi connectivity index (χ0) is 14.4. The molecule has 2 N–H and O–H groups in total. The second-order valence-corrected chi connectivity index (χ2v) is 5.67. The van der Waals surface area contributed by atoms with Gasteiger partial charge in [0.25, 0.3) is 0 Å². The lowest BCUT2D eigenvalue weighted by molar-refractivity contribution is -0.00176. The van der Waals surface area contributed by atoms with Crippen molar-refractivity contribution in [3.05, 3.63) is 35.6 Å². The highest BCUT2D eigenvalue weighted by Gasteiger charge is 2.17. The van der Waals surface area contributed by atoms with Gasteiger partial charge in [0.15, 0.2) is 0 Å². The van der Waals surface area contributed by atoms with Crippen LogP contribution in [0, 0.1) is 5.82 Å². The van der Waals surface area contributed by atoms with Gasteiger partial charge in [-0.25, -0.2) is 4.39 Å². The predicted octanol–water partition coefficient (Wildman–Crippen LogP) is 2.72. The molecule has 0 aromatic heterocycles. The summed E-state index contributed by atoms with van der Waals surface area (Å²) in [5.74, 6) is -0.210. The number of hydrogen-bond acceptors (Lipinski definition) is 3. The van der Waals surface area contributed by atoms with Crippen LogP contribution in [0.1, 0.15) is 37.3 Å². The van der Waals surface area contributed by atoms with Crippen molar-refractivity contribution in [1.29, 1.82) is 0 Å². The Balaban J connectivity index is 1.75. The fraction of sp³-hybridized carbons (Fsp3) is 0.625.